The van der Waals surface area contributed by atoms with E-state index in [9.17, 15) is 9.59 Å². The van der Waals surface area contributed by atoms with Gasteiger partial charge in [0.2, 0.25) is 0 Å². The maximum absolute atomic E-state index is 12.1. The quantitative estimate of drug-likeness (QED) is 0.711. The average Bonchev–Trinajstić information content (AvgIpc) is 2.42. The van der Waals surface area contributed by atoms with Crippen molar-refractivity contribution in [2.24, 2.45) is 5.41 Å². The Labute approximate surface area is 118 Å². The lowest BCUT2D eigenvalue weighted by atomic mass is 9.88. The number of carboxylic acid groups (broad SMARTS) is 1. The zero-order valence-corrected chi connectivity index (χ0v) is 11.8. The Hall–Kier alpha value is -1.88. The lowest BCUT2D eigenvalue weighted by Crippen LogP contribution is -2.34. The normalized spacial score (nSPS) is 11.2. The highest BCUT2D eigenvalue weighted by molar-refractivity contribution is 6.04. The summed E-state index contributed by atoms with van der Waals surface area (Å²) >= 11 is 0. The number of carbonyl (C=O) groups is 2. The number of rotatable bonds is 7. The van der Waals surface area contributed by atoms with Crippen LogP contribution in [-0.2, 0) is 0 Å². The summed E-state index contributed by atoms with van der Waals surface area (Å²) in [6.45, 7) is 4.54. The van der Waals surface area contributed by atoms with E-state index in [-0.39, 0.29) is 29.1 Å². The average molecular weight is 279 g/mol. The topological polar surface area (TPSA) is 86.6 Å². The van der Waals surface area contributed by atoms with E-state index in [1.165, 1.54) is 12.1 Å². The van der Waals surface area contributed by atoms with Gasteiger partial charge in [-0.3, -0.25) is 4.79 Å². The number of carbonyl (C=O) groups excluding carboxylic acids is 1. The molecule has 0 aromatic heterocycles. The zero-order valence-electron chi connectivity index (χ0n) is 11.8. The van der Waals surface area contributed by atoms with Gasteiger partial charge in [-0.15, -0.1) is 0 Å². The van der Waals surface area contributed by atoms with Crippen molar-refractivity contribution in [3.63, 3.8) is 0 Å². The van der Waals surface area contributed by atoms with Gasteiger partial charge < -0.3 is 15.5 Å². The number of amides is 1. The predicted octanol–water partition coefficient (Wildman–Crippen LogP) is 1.91. The fraction of sp³-hybridized carbons (Fsp3) is 0.467. The van der Waals surface area contributed by atoms with E-state index in [1.54, 1.807) is 12.1 Å². The molecule has 0 heterocycles. The molecule has 5 heteroatoms. The molecule has 0 radical (unpaired) electrons. The van der Waals surface area contributed by atoms with Crippen LogP contribution in [0.15, 0.2) is 24.3 Å². The first-order chi connectivity index (χ1) is 9.37. The number of benzene rings is 1. The van der Waals surface area contributed by atoms with Gasteiger partial charge in [0.15, 0.2) is 0 Å². The van der Waals surface area contributed by atoms with E-state index in [2.05, 4.69) is 5.32 Å². The second kappa shape index (κ2) is 7.05. The molecule has 1 rings (SSSR count). The third-order valence-corrected chi connectivity index (χ3v) is 3.14. The fourth-order valence-electron chi connectivity index (χ4n) is 1.93. The largest absolute Gasteiger partial charge is 0.478 e. The smallest absolute Gasteiger partial charge is 0.336 e. The fourth-order valence-corrected chi connectivity index (χ4v) is 1.93. The van der Waals surface area contributed by atoms with Crippen molar-refractivity contribution in [3.05, 3.63) is 35.4 Å². The van der Waals surface area contributed by atoms with Crippen molar-refractivity contribution in [2.45, 2.75) is 26.7 Å². The molecular weight excluding hydrogens is 258 g/mol. The Balaban J connectivity index is 2.70. The molecule has 0 fully saturated rings. The summed E-state index contributed by atoms with van der Waals surface area (Å²) < 4.78 is 0. The highest BCUT2D eigenvalue weighted by Gasteiger charge is 2.21. The molecule has 0 bridgehead atoms. The van der Waals surface area contributed by atoms with Gasteiger partial charge in [-0.1, -0.05) is 26.0 Å². The zero-order chi connectivity index (χ0) is 15.2. The summed E-state index contributed by atoms with van der Waals surface area (Å²) in [4.78, 5) is 23.1. The Morgan fingerprint density at radius 2 is 1.80 bits per heavy atom. The van der Waals surface area contributed by atoms with E-state index in [4.69, 9.17) is 10.2 Å². The Bertz CT molecular complexity index is 483. The van der Waals surface area contributed by atoms with Crippen molar-refractivity contribution < 1.29 is 19.8 Å². The minimum Gasteiger partial charge on any atom is -0.478 e. The van der Waals surface area contributed by atoms with Gasteiger partial charge in [0.05, 0.1) is 11.1 Å². The molecular formula is C15H21NO4. The van der Waals surface area contributed by atoms with Gasteiger partial charge in [0.1, 0.15) is 0 Å². The summed E-state index contributed by atoms with van der Waals surface area (Å²) in [5.74, 6) is -1.50. The standard InChI is InChI=1S/C15H21NO4/c1-15(2,8-5-9-17)10-16-13(18)11-6-3-4-7-12(11)14(19)20/h3-4,6-7,17H,5,8-10H2,1-2H3,(H,16,18)(H,19,20). The van der Waals surface area contributed by atoms with E-state index in [0.717, 1.165) is 6.42 Å². The maximum Gasteiger partial charge on any atom is 0.336 e. The number of aromatic carboxylic acids is 1. The molecule has 3 N–H and O–H groups in total. The molecule has 110 valence electrons. The molecule has 0 saturated heterocycles. The van der Waals surface area contributed by atoms with Crippen LogP contribution in [-0.4, -0.2) is 35.2 Å². The summed E-state index contributed by atoms with van der Waals surface area (Å²) in [7, 11) is 0. The third kappa shape index (κ3) is 4.66. The summed E-state index contributed by atoms with van der Waals surface area (Å²) in [5, 5.41) is 20.6. The Morgan fingerprint density at radius 1 is 1.20 bits per heavy atom. The van der Waals surface area contributed by atoms with Crippen LogP contribution in [0.3, 0.4) is 0 Å². The van der Waals surface area contributed by atoms with Crippen LogP contribution in [0.4, 0.5) is 0 Å². The van der Waals surface area contributed by atoms with Crippen molar-refractivity contribution >= 4 is 11.9 Å². The molecule has 1 aromatic carbocycles. The molecule has 0 spiro atoms. The van der Waals surface area contributed by atoms with E-state index >= 15 is 0 Å². The summed E-state index contributed by atoms with van der Waals surface area (Å²) in [6, 6.07) is 6.14. The number of carboxylic acids is 1. The summed E-state index contributed by atoms with van der Waals surface area (Å²) in [5.41, 5.74) is 0.0208. The van der Waals surface area contributed by atoms with Crippen molar-refractivity contribution in [1.29, 1.82) is 0 Å². The number of aliphatic hydroxyl groups is 1. The van der Waals surface area contributed by atoms with Crippen LogP contribution in [0.5, 0.6) is 0 Å². The summed E-state index contributed by atoms with van der Waals surface area (Å²) in [6.07, 6.45) is 1.46. The van der Waals surface area contributed by atoms with Crippen molar-refractivity contribution in [2.75, 3.05) is 13.2 Å². The van der Waals surface area contributed by atoms with E-state index < -0.39 is 5.97 Å². The molecule has 0 unspecified atom stereocenters. The first-order valence-electron chi connectivity index (χ1n) is 6.59. The van der Waals surface area contributed by atoms with Gasteiger partial charge in [-0.2, -0.15) is 0 Å². The monoisotopic (exact) mass is 279 g/mol. The second-order valence-corrected chi connectivity index (χ2v) is 5.52. The second-order valence-electron chi connectivity index (χ2n) is 5.52. The number of hydrogen-bond donors (Lipinski definition) is 3. The molecule has 0 aliphatic rings. The number of hydrogen-bond acceptors (Lipinski definition) is 3. The van der Waals surface area contributed by atoms with Gasteiger partial charge in [-0.25, -0.2) is 4.79 Å². The van der Waals surface area contributed by atoms with Gasteiger partial charge in [0, 0.05) is 13.2 Å². The highest BCUT2D eigenvalue weighted by atomic mass is 16.4. The molecule has 0 saturated carbocycles. The minimum atomic E-state index is -1.12. The maximum atomic E-state index is 12.1. The highest BCUT2D eigenvalue weighted by Crippen LogP contribution is 2.21. The predicted molar refractivity (Wildman–Crippen MR) is 75.8 cm³/mol. The van der Waals surface area contributed by atoms with Crippen LogP contribution in [0.2, 0.25) is 0 Å². The lowest BCUT2D eigenvalue weighted by molar-refractivity contribution is 0.0690. The molecule has 1 amide bonds. The van der Waals surface area contributed by atoms with Crippen LogP contribution < -0.4 is 5.32 Å². The van der Waals surface area contributed by atoms with Crippen LogP contribution in [0.25, 0.3) is 0 Å². The molecule has 0 aliphatic heterocycles. The molecule has 1 aromatic rings. The molecule has 0 atom stereocenters. The minimum absolute atomic E-state index is 0.00170. The van der Waals surface area contributed by atoms with Crippen LogP contribution in [0.1, 0.15) is 47.4 Å². The number of nitrogens with one attached hydrogen (secondary N) is 1. The first kappa shape index (κ1) is 16.2. The third-order valence-electron chi connectivity index (χ3n) is 3.14. The molecule has 5 nitrogen and oxygen atoms in total. The van der Waals surface area contributed by atoms with E-state index in [0.29, 0.717) is 13.0 Å². The Kier molecular flexibility index (Phi) is 5.70. The van der Waals surface area contributed by atoms with Crippen molar-refractivity contribution in [1.82, 2.24) is 5.32 Å². The number of aliphatic hydroxyl groups excluding tert-OH is 1. The van der Waals surface area contributed by atoms with Gasteiger partial charge in [-0.05, 0) is 30.4 Å². The van der Waals surface area contributed by atoms with Crippen molar-refractivity contribution in [3.8, 4) is 0 Å². The molecule has 20 heavy (non-hydrogen) atoms. The SMILES string of the molecule is CC(C)(CCCO)CNC(=O)c1ccccc1C(=O)O. The lowest BCUT2D eigenvalue weighted by Gasteiger charge is -2.24. The van der Waals surface area contributed by atoms with Crippen LogP contribution in [0, 0.1) is 5.41 Å². The van der Waals surface area contributed by atoms with E-state index in [1.807, 2.05) is 13.8 Å². The molecule has 0 aliphatic carbocycles. The van der Waals surface area contributed by atoms with Gasteiger partial charge >= 0.3 is 5.97 Å². The first-order valence-corrected chi connectivity index (χ1v) is 6.59. The van der Waals surface area contributed by atoms with Crippen LogP contribution >= 0.6 is 0 Å². The Morgan fingerprint density at radius 3 is 2.35 bits per heavy atom. The van der Waals surface area contributed by atoms with Gasteiger partial charge in [0.25, 0.3) is 5.91 Å².